The molecule has 104 valence electrons. The lowest BCUT2D eigenvalue weighted by Crippen LogP contribution is -2.23. The SMILES string of the molecule is Cc1cnc(CNC(=O)c2cc(N)c(C)c(F)c2)cn1. The van der Waals surface area contributed by atoms with Gasteiger partial charge in [0.25, 0.3) is 5.91 Å². The number of nitrogens with one attached hydrogen (secondary N) is 1. The third-order valence-corrected chi connectivity index (χ3v) is 2.91. The Morgan fingerprint density at radius 2 is 2.05 bits per heavy atom. The topological polar surface area (TPSA) is 80.9 Å². The van der Waals surface area contributed by atoms with Crippen molar-refractivity contribution in [3.63, 3.8) is 0 Å². The van der Waals surface area contributed by atoms with Crippen LogP contribution in [0, 0.1) is 19.7 Å². The zero-order valence-electron chi connectivity index (χ0n) is 11.3. The van der Waals surface area contributed by atoms with E-state index >= 15 is 0 Å². The van der Waals surface area contributed by atoms with Gasteiger partial charge in [-0.15, -0.1) is 0 Å². The standard InChI is InChI=1S/C14H15FN4O/c1-8-5-18-11(6-17-8)7-19-14(20)10-3-12(15)9(2)13(16)4-10/h3-6H,7,16H2,1-2H3,(H,19,20). The van der Waals surface area contributed by atoms with E-state index in [4.69, 9.17) is 5.73 Å². The van der Waals surface area contributed by atoms with E-state index in [1.807, 2.05) is 6.92 Å². The molecule has 0 spiro atoms. The molecule has 0 saturated carbocycles. The number of hydrogen-bond donors (Lipinski definition) is 2. The summed E-state index contributed by atoms with van der Waals surface area (Å²) in [6.07, 6.45) is 3.20. The molecule has 0 fully saturated rings. The van der Waals surface area contributed by atoms with Crippen LogP contribution in [0.15, 0.2) is 24.5 Å². The first kappa shape index (κ1) is 13.9. The first-order valence-corrected chi connectivity index (χ1v) is 6.08. The van der Waals surface area contributed by atoms with Gasteiger partial charge in [-0.05, 0) is 26.0 Å². The maximum Gasteiger partial charge on any atom is 0.251 e. The Hall–Kier alpha value is -2.50. The number of carbonyl (C=O) groups excluding carboxylic acids is 1. The van der Waals surface area contributed by atoms with Crippen molar-refractivity contribution in [3.8, 4) is 0 Å². The quantitative estimate of drug-likeness (QED) is 0.835. The molecule has 5 nitrogen and oxygen atoms in total. The van der Waals surface area contributed by atoms with Gasteiger partial charge in [-0.1, -0.05) is 0 Å². The molecule has 0 radical (unpaired) electrons. The fourth-order valence-corrected chi connectivity index (χ4v) is 1.61. The van der Waals surface area contributed by atoms with Crippen molar-refractivity contribution in [1.82, 2.24) is 15.3 Å². The van der Waals surface area contributed by atoms with E-state index in [0.29, 0.717) is 11.3 Å². The summed E-state index contributed by atoms with van der Waals surface area (Å²) in [5.74, 6) is -0.900. The highest BCUT2D eigenvalue weighted by Crippen LogP contribution is 2.17. The summed E-state index contributed by atoms with van der Waals surface area (Å²) in [7, 11) is 0. The summed E-state index contributed by atoms with van der Waals surface area (Å²) in [6, 6.07) is 2.62. The normalized spacial score (nSPS) is 10.3. The fraction of sp³-hybridized carbons (Fsp3) is 0.214. The Morgan fingerprint density at radius 1 is 1.30 bits per heavy atom. The van der Waals surface area contributed by atoms with Crippen LogP contribution in [0.3, 0.4) is 0 Å². The Balaban J connectivity index is 2.07. The number of nitrogens with zero attached hydrogens (tertiary/aromatic N) is 2. The zero-order chi connectivity index (χ0) is 14.7. The van der Waals surface area contributed by atoms with E-state index in [1.54, 1.807) is 19.3 Å². The van der Waals surface area contributed by atoms with Gasteiger partial charge in [0, 0.05) is 23.0 Å². The minimum Gasteiger partial charge on any atom is -0.398 e. The zero-order valence-corrected chi connectivity index (χ0v) is 11.3. The highest BCUT2D eigenvalue weighted by atomic mass is 19.1. The van der Waals surface area contributed by atoms with Crippen molar-refractivity contribution >= 4 is 11.6 Å². The maximum absolute atomic E-state index is 13.5. The van der Waals surface area contributed by atoms with E-state index in [-0.39, 0.29) is 17.8 Å². The molecule has 0 aliphatic carbocycles. The molecular formula is C14H15FN4O. The van der Waals surface area contributed by atoms with Crippen molar-refractivity contribution in [1.29, 1.82) is 0 Å². The number of carbonyl (C=O) groups is 1. The summed E-state index contributed by atoms with van der Waals surface area (Å²) in [6.45, 7) is 3.61. The van der Waals surface area contributed by atoms with Crippen LogP contribution in [-0.4, -0.2) is 15.9 Å². The molecule has 0 saturated heterocycles. The Labute approximate surface area is 116 Å². The van der Waals surface area contributed by atoms with Gasteiger partial charge >= 0.3 is 0 Å². The molecule has 20 heavy (non-hydrogen) atoms. The van der Waals surface area contributed by atoms with Crippen LogP contribution in [0.1, 0.15) is 27.3 Å². The molecule has 0 aliphatic heterocycles. The molecule has 1 aromatic carbocycles. The average Bonchev–Trinajstić information content (AvgIpc) is 2.43. The smallest absolute Gasteiger partial charge is 0.251 e. The molecular weight excluding hydrogens is 259 g/mol. The molecule has 1 aromatic heterocycles. The third-order valence-electron chi connectivity index (χ3n) is 2.91. The van der Waals surface area contributed by atoms with Crippen molar-refractivity contribution in [3.05, 3.63) is 52.9 Å². The number of benzene rings is 1. The number of rotatable bonds is 3. The van der Waals surface area contributed by atoms with Gasteiger partial charge in [0.1, 0.15) is 5.82 Å². The molecule has 1 heterocycles. The molecule has 3 N–H and O–H groups in total. The predicted octanol–water partition coefficient (Wildman–Crippen LogP) is 1.74. The lowest BCUT2D eigenvalue weighted by atomic mass is 10.1. The van der Waals surface area contributed by atoms with Gasteiger partial charge in [0.15, 0.2) is 0 Å². The largest absolute Gasteiger partial charge is 0.398 e. The van der Waals surface area contributed by atoms with Crippen molar-refractivity contribution in [2.45, 2.75) is 20.4 Å². The number of nitrogens with two attached hydrogens (primary N) is 1. The fourth-order valence-electron chi connectivity index (χ4n) is 1.61. The Morgan fingerprint density at radius 3 is 2.65 bits per heavy atom. The molecule has 0 aliphatic rings. The first-order valence-electron chi connectivity index (χ1n) is 6.08. The summed E-state index contributed by atoms with van der Waals surface area (Å²) < 4.78 is 13.5. The van der Waals surface area contributed by atoms with Gasteiger partial charge in [-0.3, -0.25) is 14.8 Å². The van der Waals surface area contributed by atoms with Crippen LogP contribution < -0.4 is 11.1 Å². The molecule has 6 heteroatoms. The Bertz CT molecular complexity index is 617. The van der Waals surface area contributed by atoms with E-state index in [0.717, 1.165) is 5.69 Å². The Kier molecular flexibility index (Phi) is 3.93. The van der Waals surface area contributed by atoms with Gasteiger partial charge in [0.2, 0.25) is 0 Å². The van der Waals surface area contributed by atoms with E-state index in [2.05, 4.69) is 15.3 Å². The predicted molar refractivity (Wildman–Crippen MR) is 73.5 cm³/mol. The summed E-state index contributed by atoms with van der Waals surface area (Å²) in [5, 5.41) is 2.64. The summed E-state index contributed by atoms with van der Waals surface area (Å²) in [5.41, 5.74) is 7.85. The molecule has 2 aromatic rings. The van der Waals surface area contributed by atoms with E-state index in [1.165, 1.54) is 12.1 Å². The second-order valence-corrected chi connectivity index (χ2v) is 4.50. The van der Waals surface area contributed by atoms with Crippen molar-refractivity contribution in [2.24, 2.45) is 0 Å². The van der Waals surface area contributed by atoms with Crippen LogP contribution in [0.5, 0.6) is 0 Å². The minimum atomic E-state index is -0.495. The number of aromatic nitrogens is 2. The molecule has 0 atom stereocenters. The lowest BCUT2D eigenvalue weighted by molar-refractivity contribution is 0.0950. The van der Waals surface area contributed by atoms with Gasteiger partial charge < -0.3 is 11.1 Å². The molecule has 1 amide bonds. The van der Waals surface area contributed by atoms with Crippen molar-refractivity contribution in [2.75, 3.05) is 5.73 Å². The van der Waals surface area contributed by atoms with Crippen LogP contribution in [0.4, 0.5) is 10.1 Å². The number of nitrogen functional groups attached to an aromatic ring is 1. The summed E-state index contributed by atoms with van der Waals surface area (Å²) >= 11 is 0. The second-order valence-electron chi connectivity index (χ2n) is 4.50. The monoisotopic (exact) mass is 274 g/mol. The lowest BCUT2D eigenvalue weighted by Gasteiger charge is -2.08. The van der Waals surface area contributed by atoms with Crippen LogP contribution >= 0.6 is 0 Å². The molecule has 0 bridgehead atoms. The van der Waals surface area contributed by atoms with Crippen LogP contribution in [0.25, 0.3) is 0 Å². The number of halogens is 1. The number of amides is 1. The highest BCUT2D eigenvalue weighted by Gasteiger charge is 2.11. The number of aryl methyl sites for hydroxylation is 1. The summed E-state index contributed by atoms with van der Waals surface area (Å²) in [4.78, 5) is 20.1. The van der Waals surface area contributed by atoms with E-state index < -0.39 is 11.7 Å². The van der Waals surface area contributed by atoms with Gasteiger partial charge in [-0.25, -0.2) is 4.39 Å². The molecule has 0 unspecified atom stereocenters. The van der Waals surface area contributed by atoms with E-state index in [9.17, 15) is 9.18 Å². The first-order chi connectivity index (χ1) is 9.47. The van der Waals surface area contributed by atoms with Crippen LogP contribution in [0.2, 0.25) is 0 Å². The molecule has 2 rings (SSSR count). The maximum atomic E-state index is 13.5. The number of hydrogen-bond acceptors (Lipinski definition) is 4. The third kappa shape index (κ3) is 3.09. The highest BCUT2D eigenvalue weighted by molar-refractivity contribution is 5.95. The van der Waals surface area contributed by atoms with Gasteiger partial charge in [0.05, 0.1) is 24.1 Å². The van der Waals surface area contributed by atoms with Gasteiger partial charge in [-0.2, -0.15) is 0 Å². The average molecular weight is 274 g/mol. The minimum absolute atomic E-state index is 0.186. The number of anilines is 1. The van der Waals surface area contributed by atoms with Crippen LogP contribution in [-0.2, 0) is 6.54 Å². The van der Waals surface area contributed by atoms with Crippen molar-refractivity contribution < 1.29 is 9.18 Å². The second kappa shape index (κ2) is 5.64.